The van der Waals surface area contributed by atoms with Crippen molar-refractivity contribution < 1.29 is 14.3 Å². The average molecular weight is 362 g/mol. The Morgan fingerprint density at radius 2 is 1.96 bits per heavy atom. The van der Waals surface area contributed by atoms with Crippen LogP contribution in [0.4, 0.5) is 5.69 Å². The molecule has 2 aromatic carbocycles. The molecule has 27 heavy (non-hydrogen) atoms. The number of amides is 1. The molecular formula is C22H22N2O3. The van der Waals surface area contributed by atoms with Crippen LogP contribution in [0.15, 0.2) is 60.8 Å². The van der Waals surface area contributed by atoms with Gasteiger partial charge in [0.05, 0.1) is 18.2 Å². The van der Waals surface area contributed by atoms with Gasteiger partial charge in [-0.15, -0.1) is 0 Å². The molecule has 0 atom stereocenters. The van der Waals surface area contributed by atoms with Crippen LogP contribution in [0, 0.1) is 0 Å². The van der Waals surface area contributed by atoms with Crippen molar-refractivity contribution in [3.8, 4) is 0 Å². The highest BCUT2D eigenvalue weighted by Gasteiger charge is 2.16. The first kappa shape index (κ1) is 17.6. The van der Waals surface area contributed by atoms with E-state index in [1.54, 1.807) is 6.20 Å². The van der Waals surface area contributed by atoms with E-state index in [1.165, 1.54) is 0 Å². The standard InChI is InChI=1S/C22H22N2O3/c25-22(24-18-7-8-21-16(14-18)5-3-11-23-21)20-6-2-1-4-17(20)15-27-19-9-12-26-13-10-19/h1-8,11,14,19H,9-10,12-13,15H2,(H,24,25). The van der Waals surface area contributed by atoms with Crippen LogP contribution in [0.5, 0.6) is 0 Å². The third kappa shape index (κ3) is 4.32. The Morgan fingerprint density at radius 3 is 2.85 bits per heavy atom. The highest BCUT2D eigenvalue weighted by Crippen LogP contribution is 2.20. The van der Waals surface area contributed by atoms with Crippen LogP contribution in [-0.2, 0) is 16.1 Å². The van der Waals surface area contributed by atoms with Gasteiger partial charge in [-0.1, -0.05) is 24.3 Å². The fourth-order valence-electron chi connectivity index (χ4n) is 3.27. The lowest BCUT2D eigenvalue weighted by Crippen LogP contribution is -2.24. The van der Waals surface area contributed by atoms with Crippen molar-refractivity contribution in [2.75, 3.05) is 18.5 Å². The number of nitrogens with one attached hydrogen (secondary N) is 1. The molecule has 5 heteroatoms. The molecule has 2 heterocycles. The second kappa shape index (κ2) is 8.29. The van der Waals surface area contributed by atoms with Gasteiger partial charge >= 0.3 is 0 Å². The molecule has 4 rings (SSSR count). The molecule has 1 aromatic heterocycles. The summed E-state index contributed by atoms with van der Waals surface area (Å²) in [6, 6.07) is 17.2. The Balaban J connectivity index is 1.47. The van der Waals surface area contributed by atoms with Gasteiger partial charge in [-0.25, -0.2) is 0 Å². The van der Waals surface area contributed by atoms with Gasteiger partial charge < -0.3 is 14.8 Å². The number of carbonyl (C=O) groups excluding carboxylic acids is 1. The summed E-state index contributed by atoms with van der Waals surface area (Å²) in [5.41, 5.74) is 3.18. The summed E-state index contributed by atoms with van der Waals surface area (Å²) in [6.07, 6.45) is 3.76. The van der Waals surface area contributed by atoms with Crippen LogP contribution < -0.4 is 5.32 Å². The van der Waals surface area contributed by atoms with E-state index in [1.807, 2.05) is 54.6 Å². The number of carbonyl (C=O) groups is 1. The van der Waals surface area contributed by atoms with Crippen LogP contribution >= 0.6 is 0 Å². The molecule has 1 fully saturated rings. The summed E-state index contributed by atoms with van der Waals surface area (Å²) in [7, 11) is 0. The number of hydrogen-bond acceptors (Lipinski definition) is 4. The summed E-state index contributed by atoms with van der Waals surface area (Å²) < 4.78 is 11.4. The van der Waals surface area contributed by atoms with Gasteiger partial charge in [0, 0.05) is 36.0 Å². The minimum absolute atomic E-state index is 0.135. The van der Waals surface area contributed by atoms with Crippen molar-refractivity contribution in [3.63, 3.8) is 0 Å². The molecule has 5 nitrogen and oxygen atoms in total. The maximum absolute atomic E-state index is 12.8. The number of hydrogen-bond donors (Lipinski definition) is 1. The molecule has 1 aliphatic heterocycles. The molecule has 3 aromatic rings. The summed E-state index contributed by atoms with van der Waals surface area (Å²) in [5.74, 6) is -0.135. The van der Waals surface area contributed by atoms with E-state index in [2.05, 4.69) is 10.3 Å². The number of ether oxygens (including phenoxy) is 2. The van der Waals surface area contributed by atoms with Crippen LogP contribution in [-0.4, -0.2) is 30.2 Å². The molecule has 0 radical (unpaired) electrons. The van der Waals surface area contributed by atoms with Gasteiger partial charge in [0.1, 0.15) is 0 Å². The first-order valence-corrected chi connectivity index (χ1v) is 9.23. The molecule has 0 spiro atoms. The fraction of sp³-hybridized carbons (Fsp3) is 0.273. The van der Waals surface area contributed by atoms with Crippen LogP contribution in [0.3, 0.4) is 0 Å². The van der Waals surface area contributed by atoms with Crippen molar-refractivity contribution in [1.29, 1.82) is 0 Å². The molecule has 0 unspecified atom stereocenters. The highest BCUT2D eigenvalue weighted by molar-refractivity contribution is 6.06. The quantitative estimate of drug-likeness (QED) is 0.740. The van der Waals surface area contributed by atoms with Gasteiger partial charge in [-0.2, -0.15) is 0 Å². The lowest BCUT2D eigenvalue weighted by Gasteiger charge is -2.23. The zero-order valence-electron chi connectivity index (χ0n) is 15.1. The average Bonchev–Trinajstić information content (AvgIpc) is 2.73. The van der Waals surface area contributed by atoms with Crippen molar-refractivity contribution in [2.45, 2.75) is 25.6 Å². The Kier molecular flexibility index (Phi) is 5.42. The normalized spacial score (nSPS) is 15.0. The van der Waals surface area contributed by atoms with Gasteiger partial charge in [-0.05, 0) is 48.7 Å². The SMILES string of the molecule is O=C(Nc1ccc2ncccc2c1)c1ccccc1COC1CCOCC1. The zero-order chi connectivity index (χ0) is 18.5. The number of aromatic nitrogens is 1. The van der Waals surface area contributed by atoms with Crippen molar-refractivity contribution in [2.24, 2.45) is 0 Å². The van der Waals surface area contributed by atoms with Crippen molar-refractivity contribution in [1.82, 2.24) is 4.98 Å². The maximum atomic E-state index is 12.8. The number of rotatable bonds is 5. The Bertz CT molecular complexity index is 935. The van der Waals surface area contributed by atoms with E-state index in [-0.39, 0.29) is 12.0 Å². The second-order valence-corrected chi connectivity index (χ2v) is 6.64. The fourth-order valence-corrected chi connectivity index (χ4v) is 3.27. The first-order valence-electron chi connectivity index (χ1n) is 9.23. The largest absolute Gasteiger partial charge is 0.381 e. The molecule has 0 saturated carbocycles. The summed E-state index contributed by atoms with van der Waals surface area (Å²) in [6.45, 7) is 1.91. The van der Waals surface area contributed by atoms with Crippen LogP contribution in [0.25, 0.3) is 10.9 Å². The molecule has 0 bridgehead atoms. The zero-order valence-corrected chi connectivity index (χ0v) is 15.1. The third-order valence-electron chi connectivity index (χ3n) is 4.77. The maximum Gasteiger partial charge on any atom is 0.256 e. The smallest absolute Gasteiger partial charge is 0.256 e. The van der Waals surface area contributed by atoms with Gasteiger partial charge in [-0.3, -0.25) is 9.78 Å². The number of anilines is 1. The number of benzene rings is 2. The van der Waals surface area contributed by atoms with E-state index in [9.17, 15) is 4.79 Å². The Morgan fingerprint density at radius 1 is 1.11 bits per heavy atom. The van der Waals surface area contributed by atoms with Gasteiger partial charge in [0.15, 0.2) is 0 Å². The summed E-state index contributed by atoms with van der Waals surface area (Å²) >= 11 is 0. The molecular weight excluding hydrogens is 340 g/mol. The number of fused-ring (bicyclic) bond motifs is 1. The molecule has 0 aliphatic carbocycles. The molecule has 1 aliphatic rings. The topological polar surface area (TPSA) is 60.5 Å². The number of pyridine rings is 1. The molecule has 138 valence electrons. The van der Waals surface area contributed by atoms with E-state index in [0.717, 1.165) is 48.2 Å². The first-order chi connectivity index (χ1) is 13.3. The lowest BCUT2D eigenvalue weighted by atomic mass is 10.1. The van der Waals surface area contributed by atoms with Crippen molar-refractivity contribution >= 4 is 22.5 Å². The summed E-state index contributed by atoms with van der Waals surface area (Å²) in [4.78, 5) is 17.1. The Hall–Kier alpha value is -2.76. The van der Waals surface area contributed by atoms with Crippen LogP contribution in [0.2, 0.25) is 0 Å². The molecule has 1 N–H and O–H groups in total. The minimum Gasteiger partial charge on any atom is -0.381 e. The van der Waals surface area contributed by atoms with Crippen LogP contribution in [0.1, 0.15) is 28.8 Å². The predicted molar refractivity (Wildman–Crippen MR) is 105 cm³/mol. The van der Waals surface area contributed by atoms with Gasteiger partial charge in [0.25, 0.3) is 5.91 Å². The highest BCUT2D eigenvalue weighted by atomic mass is 16.5. The van der Waals surface area contributed by atoms with Crippen molar-refractivity contribution in [3.05, 3.63) is 71.9 Å². The van der Waals surface area contributed by atoms with E-state index in [0.29, 0.717) is 12.2 Å². The minimum atomic E-state index is -0.135. The molecule has 1 amide bonds. The second-order valence-electron chi connectivity index (χ2n) is 6.64. The Labute approximate surface area is 158 Å². The predicted octanol–water partition coefficient (Wildman–Crippen LogP) is 4.18. The third-order valence-corrected chi connectivity index (χ3v) is 4.77. The number of nitrogens with zero attached hydrogens (tertiary/aromatic N) is 1. The monoisotopic (exact) mass is 362 g/mol. The van der Waals surface area contributed by atoms with E-state index in [4.69, 9.17) is 9.47 Å². The lowest BCUT2D eigenvalue weighted by molar-refractivity contribution is -0.0391. The van der Waals surface area contributed by atoms with E-state index >= 15 is 0 Å². The van der Waals surface area contributed by atoms with Gasteiger partial charge in [0.2, 0.25) is 0 Å². The van der Waals surface area contributed by atoms with E-state index < -0.39 is 0 Å². The summed E-state index contributed by atoms with van der Waals surface area (Å²) in [5, 5.41) is 3.98. The molecule has 1 saturated heterocycles.